The smallest absolute Gasteiger partial charge is 0.160 e. The average molecular weight is 326 g/mol. The second kappa shape index (κ2) is 6.32. The van der Waals surface area contributed by atoms with Crippen LogP contribution in [0.5, 0.6) is 11.5 Å². The first-order chi connectivity index (χ1) is 11.8. The lowest BCUT2D eigenvalue weighted by Gasteiger charge is -2.40. The van der Waals surface area contributed by atoms with Crippen LogP contribution in [0.4, 0.5) is 0 Å². The van der Waals surface area contributed by atoms with E-state index < -0.39 is 0 Å². The number of nitrogens with zero attached hydrogens (tertiary/aromatic N) is 2. The van der Waals surface area contributed by atoms with Crippen molar-refractivity contribution in [3.05, 3.63) is 35.6 Å². The predicted molar refractivity (Wildman–Crippen MR) is 92.2 cm³/mol. The van der Waals surface area contributed by atoms with Crippen molar-refractivity contribution in [2.24, 2.45) is 5.92 Å². The fourth-order valence-corrected chi connectivity index (χ4v) is 3.69. The molecule has 0 amide bonds. The first-order valence-electron chi connectivity index (χ1n) is 8.39. The quantitative estimate of drug-likeness (QED) is 0.861. The van der Waals surface area contributed by atoms with Gasteiger partial charge in [0.1, 0.15) is 17.2 Å². The predicted octanol–water partition coefficient (Wildman–Crippen LogP) is 3.47. The van der Waals surface area contributed by atoms with E-state index in [1.165, 1.54) is 31.5 Å². The van der Waals surface area contributed by atoms with E-state index in [1.807, 2.05) is 24.3 Å². The molecule has 2 aromatic rings. The number of ether oxygens (including phenoxy) is 2. The van der Waals surface area contributed by atoms with Gasteiger partial charge in [0.15, 0.2) is 5.76 Å². The van der Waals surface area contributed by atoms with Crippen molar-refractivity contribution < 1.29 is 14.0 Å². The summed E-state index contributed by atoms with van der Waals surface area (Å²) in [6.07, 6.45) is 4.70. The van der Waals surface area contributed by atoms with E-state index in [1.54, 1.807) is 14.2 Å². The molecule has 126 valence electrons. The average Bonchev–Trinajstić information content (AvgIpc) is 3.10. The Morgan fingerprint density at radius 3 is 2.67 bits per heavy atom. The Morgan fingerprint density at radius 2 is 2.00 bits per heavy atom. The van der Waals surface area contributed by atoms with Crippen LogP contribution in [0.2, 0.25) is 0 Å². The molecule has 1 aromatic carbocycles. The van der Waals surface area contributed by atoms with Gasteiger partial charge in [-0.05, 0) is 55.6 Å². The van der Waals surface area contributed by atoms with Crippen molar-refractivity contribution in [1.82, 2.24) is 10.1 Å². The van der Waals surface area contributed by atoms with E-state index in [2.05, 4.69) is 16.1 Å². The SMILES string of the molecule is COc1ccc(-c2cc(/C=C3\CN4CCC3CC4)on2)c(OC)c1. The van der Waals surface area contributed by atoms with E-state index in [9.17, 15) is 0 Å². The van der Waals surface area contributed by atoms with E-state index in [-0.39, 0.29) is 0 Å². The number of aromatic nitrogens is 1. The van der Waals surface area contributed by atoms with Crippen LogP contribution >= 0.6 is 0 Å². The van der Waals surface area contributed by atoms with Crippen LogP contribution in [0.15, 0.2) is 34.4 Å². The maximum absolute atomic E-state index is 5.55. The highest BCUT2D eigenvalue weighted by molar-refractivity contribution is 5.70. The minimum Gasteiger partial charge on any atom is -0.497 e. The molecule has 3 saturated heterocycles. The molecule has 0 unspecified atom stereocenters. The van der Waals surface area contributed by atoms with E-state index in [4.69, 9.17) is 14.0 Å². The van der Waals surface area contributed by atoms with Crippen molar-refractivity contribution in [2.45, 2.75) is 12.8 Å². The zero-order chi connectivity index (χ0) is 16.5. The second-order valence-electron chi connectivity index (χ2n) is 6.45. The Kier molecular flexibility index (Phi) is 4.02. The fourth-order valence-electron chi connectivity index (χ4n) is 3.69. The van der Waals surface area contributed by atoms with Gasteiger partial charge in [-0.3, -0.25) is 4.90 Å². The summed E-state index contributed by atoms with van der Waals surface area (Å²) in [5.41, 5.74) is 3.15. The minimum absolute atomic E-state index is 0.707. The highest BCUT2D eigenvalue weighted by atomic mass is 16.5. The van der Waals surface area contributed by atoms with Gasteiger partial charge >= 0.3 is 0 Å². The molecule has 3 fully saturated rings. The second-order valence-corrected chi connectivity index (χ2v) is 6.45. The number of fused-ring (bicyclic) bond motifs is 3. The summed E-state index contributed by atoms with van der Waals surface area (Å²) in [5.74, 6) is 3.00. The standard InChI is InChI=1S/C19H22N2O3/c1-22-15-3-4-17(19(11-15)23-2)18-10-16(24-20-18)9-14-12-21-7-5-13(14)6-8-21/h3-4,9-11,13H,5-8,12H2,1-2H3/b14-9+. The summed E-state index contributed by atoms with van der Waals surface area (Å²) < 4.78 is 16.3. The largest absolute Gasteiger partial charge is 0.497 e. The molecule has 0 radical (unpaired) electrons. The van der Waals surface area contributed by atoms with Gasteiger partial charge in [-0.25, -0.2) is 0 Å². The monoisotopic (exact) mass is 326 g/mol. The number of methoxy groups -OCH3 is 2. The highest BCUT2D eigenvalue weighted by Gasteiger charge is 2.29. The summed E-state index contributed by atoms with van der Waals surface area (Å²) in [6, 6.07) is 7.68. The summed E-state index contributed by atoms with van der Waals surface area (Å²) in [6.45, 7) is 3.52. The minimum atomic E-state index is 0.707. The molecule has 5 heteroatoms. The zero-order valence-electron chi connectivity index (χ0n) is 14.1. The number of hydrogen-bond donors (Lipinski definition) is 0. The topological polar surface area (TPSA) is 47.7 Å². The van der Waals surface area contributed by atoms with Crippen LogP contribution in [-0.4, -0.2) is 43.9 Å². The third kappa shape index (κ3) is 2.80. The molecule has 5 rings (SSSR count). The normalized spacial score (nSPS) is 24.3. The number of benzene rings is 1. The number of rotatable bonds is 4. The summed E-state index contributed by atoms with van der Waals surface area (Å²) in [5, 5.41) is 4.22. The Morgan fingerprint density at radius 1 is 1.17 bits per heavy atom. The lowest BCUT2D eigenvalue weighted by atomic mass is 9.83. The Bertz CT molecular complexity index is 758. The van der Waals surface area contributed by atoms with Crippen LogP contribution in [0.3, 0.4) is 0 Å². The van der Waals surface area contributed by atoms with Crippen LogP contribution in [0.25, 0.3) is 17.3 Å². The summed E-state index contributed by atoms with van der Waals surface area (Å²) in [4.78, 5) is 2.51. The maximum Gasteiger partial charge on any atom is 0.160 e. The molecule has 4 heterocycles. The fraction of sp³-hybridized carbons (Fsp3) is 0.421. The molecule has 2 bridgehead atoms. The summed E-state index contributed by atoms with van der Waals surface area (Å²) in [7, 11) is 3.29. The van der Waals surface area contributed by atoms with E-state index in [0.29, 0.717) is 5.92 Å². The van der Waals surface area contributed by atoms with Crippen molar-refractivity contribution in [3.8, 4) is 22.8 Å². The van der Waals surface area contributed by atoms with Crippen LogP contribution in [0.1, 0.15) is 18.6 Å². The molecule has 3 aliphatic heterocycles. The zero-order valence-corrected chi connectivity index (χ0v) is 14.1. The van der Waals surface area contributed by atoms with Gasteiger partial charge in [-0.2, -0.15) is 0 Å². The third-order valence-electron chi connectivity index (χ3n) is 5.06. The Hall–Kier alpha value is -2.27. The third-order valence-corrected chi connectivity index (χ3v) is 5.06. The highest BCUT2D eigenvalue weighted by Crippen LogP contribution is 2.35. The van der Waals surface area contributed by atoms with Crippen LogP contribution < -0.4 is 9.47 Å². The maximum atomic E-state index is 5.55. The number of hydrogen-bond acceptors (Lipinski definition) is 5. The van der Waals surface area contributed by atoms with Gasteiger partial charge in [0.25, 0.3) is 0 Å². The van der Waals surface area contributed by atoms with Crippen molar-refractivity contribution in [1.29, 1.82) is 0 Å². The Balaban J connectivity index is 1.61. The van der Waals surface area contributed by atoms with E-state index >= 15 is 0 Å². The molecule has 0 spiro atoms. The van der Waals surface area contributed by atoms with Gasteiger partial charge in [0.05, 0.1) is 14.2 Å². The van der Waals surface area contributed by atoms with Crippen molar-refractivity contribution >= 4 is 6.08 Å². The van der Waals surface area contributed by atoms with Crippen LogP contribution in [0, 0.1) is 5.92 Å². The first kappa shape index (κ1) is 15.3. The van der Waals surface area contributed by atoms with Gasteiger partial charge in [0.2, 0.25) is 0 Å². The Labute approximate surface area is 141 Å². The van der Waals surface area contributed by atoms with Gasteiger partial charge in [-0.1, -0.05) is 5.16 Å². The molecular formula is C19H22N2O3. The lowest BCUT2D eigenvalue weighted by molar-refractivity contribution is 0.163. The molecule has 3 aliphatic rings. The van der Waals surface area contributed by atoms with Gasteiger partial charge in [-0.15, -0.1) is 0 Å². The lowest BCUT2D eigenvalue weighted by Crippen LogP contribution is -2.42. The molecule has 0 atom stereocenters. The molecule has 0 aliphatic carbocycles. The first-order valence-corrected chi connectivity index (χ1v) is 8.39. The molecule has 24 heavy (non-hydrogen) atoms. The van der Waals surface area contributed by atoms with Crippen molar-refractivity contribution in [3.63, 3.8) is 0 Å². The number of piperidine rings is 3. The molecule has 5 nitrogen and oxygen atoms in total. The molecular weight excluding hydrogens is 304 g/mol. The van der Waals surface area contributed by atoms with Gasteiger partial charge < -0.3 is 14.0 Å². The van der Waals surface area contributed by atoms with Crippen LogP contribution in [-0.2, 0) is 0 Å². The molecule has 1 aromatic heterocycles. The van der Waals surface area contributed by atoms with E-state index in [0.717, 1.165) is 35.1 Å². The summed E-state index contributed by atoms with van der Waals surface area (Å²) >= 11 is 0. The molecule has 0 N–H and O–H groups in total. The van der Waals surface area contributed by atoms with Gasteiger partial charge in [0, 0.05) is 24.2 Å². The molecule has 0 saturated carbocycles. The van der Waals surface area contributed by atoms with Crippen molar-refractivity contribution in [2.75, 3.05) is 33.9 Å².